The third-order valence-corrected chi connectivity index (χ3v) is 6.41. The van der Waals surface area contributed by atoms with Crippen LogP contribution in [-0.4, -0.2) is 29.0 Å². The molecule has 1 saturated heterocycles. The van der Waals surface area contributed by atoms with E-state index in [-0.39, 0.29) is 18.0 Å². The van der Waals surface area contributed by atoms with Gasteiger partial charge in [0.1, 0.15) is 0 Å². The van der Waals surface area contributed by atoms with Crippen molar-refractivity contribution in [2.24, 2.45) is 0 Å². The summed E-state index contributed by atoms with van der Waals surface area (Å²) in [5, 5.41) is -0.0433. The number of nitrogens with zero attached hydrogens (tertiary/aromatic N) is 1. The number of hydrogen-bond donors (Lipinski definition) is 1. The quantitative estimate of drug-likeness (QED) is 0.921. The molecule has 0 saturated carbocycles. The van der Waals surface area contributed by atoms with E-state index >= 15 is 0 Å². The summed E-state index contributed by atoms with van der Waals surface area (Å²) in [6.07, 6.45) is 2.20. The monoisotopic (exact) mass is 314 g/mol. The Kier molecular flexibility index (Phi) is 3.38. The second kappa shape index (κ2) is 4.93. The van der Waals surface area contributed by atoms with Gasteiger partial charge in [-0.3, -0.25) is 4.57 Å². The third-order valence-electron chi connectivity index (χ3n) is 3.84. The van der Waals surface area contributed by atoms with Crippen molar-refractivity contribution >= 4 is 32.5 Å². The number of aromatic amines is 1. The Morgan fingerprint density at radius 2 is 2.15 bits per heavy atom. The van der Waals surface area contributed by atoms with Crippen LogP contribution in [0.1, 0.15) is 19.3 Å². The molecule has 1 aliphatic rings. The standard InChI is InChI=1S/C13H15ClN2O3S/c14-10-5-3-6-11-12(10)16(13(17)15-11)8-9-4-1-2-7-20(9,18)19/h3,5-6,9H,1-2,4,7-8H2,(H,15,17). The van der Waals surface area contributed by atoms with E-state index in [4.69, 9.17) is 11.6 Å². The number of benzene rings is 1. The summed E-state index contributed by atoms with van der Waals surface area (Å²) in [5.74, 6) is 0.211. The number of fused-ring (bicyclic) bond motifs is 1. The Bertz CT molecular complexity index is 807. The number of para-hydroxylation sites is 1. The van der Waals surface area contributed by atoms with Gasteiger partial charge >= 0.3 is 5.69 Å². The highest BCUT2D eigenvalue weighted by atomic mass is 35.5. The molecular weight excluding hydrogens is 300 g/mol. The minimum Gasteiger partial charge on any atom is -0.305 e. The lowest BCUT2D eigenvalue weighted by Gasteiger charge is -2.22. The van der Waals surface area contributed by atoms with E-state index in [0.717, 1.165) is 6.42 Å². The number of H-pyrrole nitrogens is 1. The van der Waals surface area contributed by atoms with Crippen molar-refractivity contribution < 1.29 is 8.42 Å². The van der Waals surface area contributed by atoms with Crippen LogP contribution in [-0.2, 0) is 16.4 Å². The largest absolute Gasteiger partial charge is 0.326 e. The molecule has 0 radical (unpaired) electrons. The molecule has 5 nitrogen and oxygen atoms in total. The van der Waals surface area contributed by atoms with Gasteiger partial charge < -0.3 is 4.98 Å². The molecule has 1 aromatic heterocycles. The first-order valence-corrected chi connectivity index (χ1v) is 8.67. The summed E-state index contributed by atoms with van der Waals surface area (Å²) >= 11 is 6.14. The summed E-state index contributed by atoms with van der Waals surface area (Å²) in [7, 11) is -3.11. The molecule has 0 amide bonds. The van der Waals surface area contributed by atoms with Crippen LogP contribution in [0.25, 0.3) is 11.0 Å². The number of rotatable bonds is 2. The average Bonchev–Trinajstić information content (AvgIpc) is 2.69. The summed E-state index contributed by atoms with van der Waals surface area (Å²) in [4.78, 5) is 14.7. The van der Waals surface area contributed by atoms with E-state index in [0.29, 0.717) is 28.9 Å². The number of sulfone groups is 1. The summed E-state index contributed by atoms with van der Waals surface area (Å²) in [5.41, 5.74) is 0.907. The molecular formula is C13H15ClN2O3S. The average molecular weight is 315 g/mol. The molecule has 1 atom stereocenters. The lowest BCUT2D eigenvalue weighted by Crippen LogP contribution is -2.35. The lowest BCUT2D eigenvalue weighted by molar-refractivity contribution is 0.508. The van der Waals surface area contributed by atoms with E-state index in [1.807, 2.05) is 0 Å². The minimum atomic E-state index is -3.11. The van der Waals surface area contributed by atoms with E-state index in [9.17, 15) is 13.2 Å². The fourth-order valence-corrected chi connectivity index (χ4v) is 4.90. The lowest BCUT2D eigenvalue weighted by atomic mass is 10.2. The molecule has 0 bridgehead atoms. The molecule has 1 N–H and O–H groups in total. The zero-order valence-electron chi connectivity index (χ0n) is 10.8. The maximum atomic E-state index is 12.1. The predicted molar refractivity (Wildman–Crippen MR) is 79.0 cm³/mol. The van der Waals surface area contributed by atoms with Crippen molar-refractivity contribution in [3.8, 4) is 0 Å². The maximum Gasteiger partial charge on any atom is 0.326 e. The highest BCUT2D eigenvalue weighted by Crippen LogP contribution is 2.25. The zero-order chi connectivity index (χ0) is 14.3. The molecule has 2 aromatic rings. The number of hydrogen-bond acceptors (Lipinski definition) is 3. The topological polar surface area (TPSA) is 71.9 Å². The van der Waals surface area contributed by atoms with Gasteiger partial charge in [-0.2, -0.15) is 0 Å². The van der Waals surface area contributed by atoms with Crippen LogP contribution in [0.5, 0.6) is 0 Å². The van der Waals surface area contributed by atoms with Crippen molar-refractivity contribution in [3.63, 3.8) is 0 Å². The fourth-order valence-electron chi connectivity index (χ4n) is 2.78. The summed E-state index contributed by atoms with van der Waals surface area (Å²) < 4.78 is 25.6. The molecule has 0 spiro atoms. The Hall–Kier alpha value is -1.27. The Morgan fingerprint density at radius 3 is 2.90 bits per heavy atom. The van der Waals surface area contributed by atoms with E-state index in [1.165, 1.54) is 4.57 Å². The smallest absolute Gasteiger partial charge is 0.305 e. The van der Waals surface area contributed by atoms with Crippen LogP contribution in [0, 0.1) is 0 Å². The van der Waals surface area contributed by atoms with Gasteiger partial charge in [0, 0.05) is 6.54 Å². The second-order valence-corrected chi connectivity index (χ2v) is 7.97. The summed E-state index contributed by atoms with van der Waals surface area (Å²) in [6, 6.07) is 5.21. The molecule has 108 valence electrons. The normalized spacial score (nSPS) is 22.1. The molecule has 1 aromatic carbocycles. The highest BCUT2D eigenvalue weighted by Gasteiger charge is 2.30. The van der Waals surface area contributed by atoms with Gasteiger partial charge in [0.2, 0.25) is 0 Å². The maximum absolute atomic E-state index is 12.1. The van der Waals surface area contributed by atoms with Crippen molar-refractivity contribution in [2.75, 3.05) is 5.75 Å². The molecule has 2 heterocycles. The third kappa shape index (κ3) is 2.27. The van der Waals surface area contributed by atoms with Gasteiger partial charge in [0.05, 0.1) is 27.1 Å². The van der Waals surface area contributed by atoms with Gasteiger partial charge in [-0.05, 0) is 25.0 Å². The van der Waals surface area contributed by atoms with Crippen LogP contribution in [0.15, 0.2) is 23.0 Å². The first-order chi connectivity index (χ1) is 9.49. The Labute approximate surface area is 121 Å². The predicted octanol–water partition coefficient (Wildman–Crippen LogP) is 1.95. The van der Waals surface area contributed by atoms with Gasteiger partial charge in [0.15, 0.2) is 9.84 Å². The first kappa shape index (κ1) is 13.7. The molecule has 1 unspecified atom stereocenters. The fraction of sp³-hybridized carbons (Fsp3) is 0.462. The van der Waals surface area contributed by atoms with Crippen molar-refractivity contribution in [1.82, 2.24) is 9.55 Å². The number of imidazole rings is 1. The Morgan fingerprint density at radius 1 is 1.35 bits per heavy atom. The van der Waals surface area contributed by atoms with Gasteiger partial charge in [-0.25, -0.2) is 13.2 Å². The van der Waals surface area contributed by atoms with E-state index in [2.05, 4.69) is 4.98 Å². The number of nitrogens with one attached hydrogen (secondary N) is 1. The SMILES string of the molecule is O=c1[nH]c2cccc(Cl)c2n1CC1CCCCS1(=O)=O. The molecule has 3 rings (SSSR count). The van der Waals surface area contributed by atoms with Crippen LogP contribution >= 0.6 is 11.6 Å². The molecule has 0 aliphatic carbocycles. The van der Waals surface area contributed by atoms with Crippen LogP contribution in [0.3, 0.4) is 0 Å². The number of halogens is 1. The molecule has 20 heavy (non-hydrogen) atoms. The molecule has 1 fully saturated rings. The van der Waals surface area contributed by atoms with E-state index < -0.39 is 15.1 Å². The van der Waals surface area contributed by atoms with Gasteiger partial charge in [-0.15, -0.1) is 0 Å². The first-order valence-electron chi connectivity index (χ1n) is 6.57. The summed E-state index contributed by atoms with van der Waals surface area (Å²) in [6.45, 7) is 0.172. The molecule has 1 aliphatic heterocycles. The van der Waals surface area contributed by atoms with Crippen molar-refractivity contribution in [1.29, 1.82) is 0 Å². The highest BCUT2D eigenvalue weighted by molar-refractivity contribution is 7.92. The van der Waals surface area contributed by atoms with Crippen LogP contribution in [0.4, 0.5) is 0 Å². The van der Waals surface area contributed by atoms with E-state index in [1.54, 1.807) is 18.2 Å². The van der Waals surface area contributed by atoms with Gasteiger partial charge in [-0.1, -0.05) is 24.1 Å². The van der Waals surface area contributed by atoms with Crippen molar-refractivity contribution in [2.45, 2.75) is 31.1 Å². The van der Waals surface area contributed by atoms with Gasteiger partial charge in [0.25, 0.3) is 0 Å². The number of aromatic nitrogens is 2. The minimum absolute atomic E-state index is 0.172. The zero-order valence-corrected chi connectivity index (χ0v) is 12.4. The van der Waals surface area contributed by atoms with Crippen molar-refractivity contribution in [3.05, 3.63) is 33.7 Å². The van der Waals surface area contributed by atoms with Crippen LogP contribution < -0.4 is 5.69 Å². The molecule has 7 heteroatoms. The van der Waals surface area contributed by atoms with Crippen LogP contribution in [0.2, 0.25) is 5.02 Å². The second-order valence-electron chi connectivity index (χ2n) is 5.16. The Balaban J connectivity index is 2.07.